The molecule has 49 heavy (non-hydrogen) atoms. The van der Waals surface area contributed by atoms with Crippen LogP contribution in [0.15, 0.2) is 108 Å². The van der Waals surface area contributed by atoms with Gasteiger partial charge in [0.2, 0.25) is 0 Å². The number of nitro groups is 1. The quantitative estimate of drug-likeness (QED) is 0.0559. The van der Waals surface area contributed by atoms with Crippen molar-refractivity contribution in [3.63, 3.8) is 0 Å². The molecule has 3 aromatic rings. The molecule has 0 aliphatic carbocycles. The molecule has 1 aliphatic rings. The molecule has 1 aliphatic heterocycles. The number of nitrogens with zero attached hydrogens (tertiary/aromatic N) is 2. The van der Waals surface area contributed by atoms with Gasteiger partial charge in [0.15, 0.2) is 0 Å². The number of carbonyl (C=O) groups excluding carboxylic acids is 3. The van der Waals surface area contributed by atoms with Crippen molar-refractivity contribution >= 4 is 29.2 Å². The molecule has 256 valence electrons. The molecule has 2 aromatic carbocycles. The summed E-state index contributed by atoms with van der Waals surface area (Å²) in [6, 6.07) is 19.8. The molecule has 0 amide bonds. The first kappa shape index (κ1) is 36.3. The molecule has 0 saturated carbocycles. The van der Waals surface area contributed by atoms with Crippen LogP contribution < -0.4 is 5.32 Å². The Labute approximate surface area is 285 Å². The van der Waals surface area contributed by atoms with Crippen LogP contribution >= 0.6 is 0 Å². The van der Waals surface area contributed by atoms with E-state index in [-0.39, 0.29) is 55.5 Å². The first-order valence-corrected chi connectivity index (χ1v) is 16.3. The summed E-state index contributed by atoms with van der Waals surface area (Å²) in [7, 11) is 0. The second-order valence-corrected chi connectivity index (χ2v) is 11.4. The number of non-ortho nitro benzene ring substituents is 1. The number of carbonyl (C=O) groups is 3. The van der Waals surface area contributed by atoms with Gasteiger partial charge in [0.25, 0.3) is 5.69 Å². The molecule has 0 bridgehead atoms. The standard InChI is InChI=1S/C38H41N3O8/c1-4-47-37(43)34-26(2)40-27(3)35(36(34)29-16-11-18-31(24-29)41(45)46)38(44)49-23-13-22-48-33(42)20-10-6-9-19-32(28-14-7-5-8-15-28)30-17-12-21-39-25-30/h5,7-8,11-12,14-19,21,24-25,36,40H,4,6,9-10,13,20,22-23H2,1-3H3/b32-19+. The van der Waals surface area contributed by atoms with E-state index in [1.807, 2.05) is 36.5 Å². The van der Waals surface area contributed by atoms with E-state index in [1.54, 1.807) is 33.0 Å². The lowest BCUT2D eigenvalue weighted by Crippen LogP contribution is -2.32. The Morgan fingerprint density at radius 2 is 1.55 bits per heavy atom. The average Bonchev–Trinajstić information content (AvgIpc) is 3.10. The minimum atomic E-state index is -0.950. The van der Waals surface area contributed by atoms with Gasteiger partial charge in [-0.2, -0.15) is 0 Å². The lowest BCUT2D eigenvalue weighted by Gasteiger charge is -2.30. The SMILES string of the molecule is CCOC(=O)C1=C(C)NC(C)=C(C(=O)OCCCOC(=O)CCCC/C=C(\c2ccccc2)c2cccnc2)C1c1cccc([N+](=O)[O-])c1. The molecule has 1 atom stereocenters. The fourth-order valence-electron chi connectivity index (χ4n) is 5.66. The minimum Gasteiger partial charge on any atom is -0.466 e. The number of rotatable bonds is 16. The van der Waals surface area contributed by atoms with Crippen molar-refractivity contribution in [3.05, 3.63) is 135 Å². The number of hydrogen-bond acceptors (Lipinski definition) is 10. The smallest absolute Gasteiger partial charge is 0.336 e. The highest BCUT2D eigenvalue weighted by molar-refractivity contribution is 6.00. The molecule has 0 fully saturated rings. The van der Waals surface area contributed by atoms with Crippen molar-refractivity contribution in [3.8, 4) is 0 Å². The second kappa shape index (κ2) is 18.1. The highest BCUT2D eigenvalue weighted by Gasteiger charge is 2.38. The summed E-state index contributed by atoms with van der Waals surface area (Å²) in [5.74, 6) is -2.62. The number of hydrogen-bond donors (Lipinski definition) is 1. The molecule has 1 N–H and O–H groups in total. The average molecular weight is 668 g/mol. The Hall–Kier alpha value is -5.58. The van der Waals surface area contributed by atoms with E-state index in [1.165, 1.54) is 18.2 Å². The normalized spacial score (nSPS) is 14.6. The van der Waals surface area contributed by atoms with Gasteiger partial charge < -0.3 is 19.5 Å². The highest BCUT2D eigenvalue weighted by atomic mass is 16.6. The van der Waals surface area contributed by atoms with Crippen LogP contribution in [0.5, 0.6) is 0 Å². The van der Waals surface area contributed by atoms with Crippen LogP contribution in [0.3, 0.4) is 0 Å². The summed E-state index contributed by atoms with van der Waals surface area (Å²) in [6.45, 7) is 5.16. The molecule has 4 rings (SSSR count). The molecular weight excluding hydrogens is 626 g/mol. The molecule has 1 aromatic heterocycles. The molecule has 0 spiro atoms. The first-order chi connectivity index (χ1) is 23.7. The van der Waals surface area contributed by atoms with Crippen LogP contribution in [0.25, 0.3) is 5.57 Å². The van der Waals surface area contributed by atoms with Crippen LogP contribution in [0.4, 0.5) is 5.69 Å². The zero-order chi connectivity index (χ0) is 35.2. The summed E-state index contributed by atoms with van der Waals surface area (Å²) in [5.41, 5.74) is 4.65. The third kappa shape index (κ3) is 9.96. The second-order valence-electron chi connectivity index (χ2n) is 11.4. The van der Waals surface area contributed by atoms with Crippen LogP contribution in [0.1, 0.15) is 75.5 Å². The van der Waals surface area contributed by atoms with Crippen LogP contribution in [-0.2, 0) is 28.6 Å². The molecular formula is C38H41N3O8. The fraction of sp³-hybridized carbons (Fsp3) is 0.316. The number of benzene rings is 2. The number of dihydropyridines is 1. The van der Waals surface area contributed by atoms with Crippen molar-refractivity contribution in [2.24, 2.45) is 0 Å². The number of esters is 3. The van der Waals surface area contributed by atoms with E-state index in [4.69, 9.17) is 14.2 Å². The van der Waals surface area contributed by atoms with Gasteiger partial charge in [0.1, 0.15) is 0 Å². The Bertz CT molecular complexity index is 1690. The van der Waals surface area contributed by atoms with Gasteiger partial charge in [0, 0.05) is 54.3 Å². The number of ether oxygens (including phenoxy) is 3. The van der Waals surface area contributed by atoms with Gasteiger partial charge in [0.05, 0.1) is 41.8 Å². The van der Waals surface area contributed by atoms with E-state index < -0.39 is 22.8 Å². The van der Waals surface area contributed by atoms with E-state index in [2.05, 4.69) is 28.5 Å². The van der Waals surface area contributed by atoms with Crippen molar-refractivity contribution in [1.82, 2.24) is 10.3 Å². The van der Waals surface area contributed by atoms with Gasteiger partial charge in [-0.15, -0.1) is 0 Å². The fourth-order valence-corrected chi connectivity index (χ4v) is 5.66. The van der Waals surface area contributed by atoms with Crippen LogP contribution in [0.2, 0.25) is 0 Å². The third-order valence-corrected chi connectivity index (χ3v) is 7.92. The maximum atomic E-state index is 13.4. The molecule has 11 heteroatoms. The predicted molar refractivity (Wildman–Crippen MR) is 184 cm³/mol. The maximum absolute atomic E-state index is 13.4. The van der Waals surface area contributed by atoms with Gasteiger partial charge in [-0.05, 0) is 62.8 Å². The Kier molecular flexibility index (Phi) is 13.4. The van der Waals surface area contributed by atoms with Gasteiger partial charge in [-0.3, -0.25) is 19.9 Å². The molecule has 0 radical (unpaired) electrons. The van der Waals surface area contributed by atoms with E-state index in [0.29, 0.717) is 23.4 Å². The largest absolute Gasteiger partial charge is 0.466 e. The van der Waals surface area contributed by atoms with E-state index in [0.717, 1.165) is 29.5 Å². The zero-order valence-electron chi connectivity index (χ0n) is 28.0. The summed E-state index contributed by atoms with van der Waals surface area (Å²) < 4.78 is 16.2. The Balaban J connectivity index is 1.28. The summed E-state index contributed by atoms with van der Waals surface area (Å²) in [6.07, 6.45) is 8.55. The predicted octanol–water partition coefficient (Wildman–Crippen LogP) is 6.96. The number of allylic oxidation sites excluding steroid dienone is 3. The minimum absolute atomic E-state index is 0.0383. The zero-order valence-corrected chi connectivity index (χ0v) is 28.0. The van der Waals surface area contributed by atoms with Gasteiger partial charge in [-0.1, -0.05) is 54.6 Å². The summed E-state index contributed by atoms with van der Waals surface area (Å²) in [5, 5.41) is 14.6. The molecule has 1 unspecified atom stereocenters. The maximum Gasteiger partial charge on any atom is 0.336 e. The number of nitro benzene ring substituents is 1. The first-order valence-electron chi connectivity index (χ1n) is 16.3. The van der Waals surface area contributed by atoms with Crippen molar-refractivity contribution < 1.29 is 33.5 Å². The lowest BCUT2D eigenvalue weighted by atomic mass is 9.80. The molecule has 11 nitrogen and oxygen atoms in total. The van der Waals surface area contributed by atoms with Gasteiger partial charge >= 0.3 is 17.9 Å². The summed E-state index contributed by atoms with van der Waals surface area (Å²) >= 11 is 0. The van der Waals surface area contributed by atoms with Crippen LogP contribution in [-0.4, -0.2) is 47.6 Å². The topological polar surface area (TPSA) is 147 Å². The Morgan fingerprint density at radius 3 is 2.22 bits per heavy atom. The number of nitrogens with one attached hydrogen (secondary N) is 1. The monoisotopic (exact) mass is 667 g/mol. The number of pyridine rings is 1. The van der Waals surface area contributed by atoms with Crippen molar-refractivity contribution in [2.45, 2.75) is 58.8 Å². The third-order valence-electron chi connectivity index (χ3n) is 7.92. The van der Waals surface area contributed by atoms with Crippen LogP contribution in [0, 0.1) is 10.1 Å². The Morgan fingerprint density at radius 1 is 0.857 bits per heavy atom. The van der Waals surface area contributed by atoms with E-state index >= 15 is 0 Å². The van der Waals surface area contributed by atoms with Crippen molar-refractivity contribution in [1.29, 1.82) is 0 Å². The number of aromatic nitrogens is 1. The van der Waals surface area contributed by atoms with E-state index in [9.17, 15) is 24.5 Å². The molecule has 2 heterocycles. The lowest BCUT2D eigenvalue weighted by molar-refractivity contribution is -0.384. The molecule has 0 saturated heterocycles. The van der Waals surface area contributed by atoms with Crippen molar-refractivity contribution in [2.75, 3.05) is 19.8 Å². The highest BCUT2D eigenvalue weighted by Crippen LogP contribution is 2.40. The summed E-state index contributed by atoms with van der Waals surface area (Å²) in [4.78, 5) is 54.0. The van der Waals surface area contributed by atoms with Gasteiger partial charge in [-0.25, -0.2) is 9.59 Å². The number of unbranched alkanes of at least 4 members (excludes halogenated alkanes) is 2.